The highest BCUT2D eigenvalue weighted by atomic mass is 32.1. The second-order valence-electron chi connectivity index (χ2n) is 4.75. The molecule has 2 aromatic heterocycles. The van der Waals surface area contributed by atoms with Crippen molar-refractivity contribution in [1.29, 1.82) is 0 Å². The maximum Gasteiger partial charge on any atom is 0.130 e. The van der Waals surface area contributed by atoms with Gasteiger partial charge in [-0.15, -0.1) is 0 Å². The minimum absolute atomic E-state index is 0.835. The Bertz CT molecular complexity index is 721. The molecule has 0 amide bonds. The van der Waals surface area contributed by atoms with Gasteiger partial charge in [-0.2, -0.15) is 11.3 Å². The highest BCUT2D eigenvalue weighted by molar-refractivity contribution is 7.08. The van der Waals surface area contributed by atoms with E-state index in [1.807, 2.05) is 37.4 Å². The standard InChI is InChI=1S/C17H16N2OS/c1-12-9-15(20-2)4-5-16(12)19-17-6-3-13(10-18-17)14-7-8-21-11-14/h3-11H,1-2H3,(H,18,19). The van der Waals surface area contributed by atoms with E-state index in [4.69, 9.17) is 4.74 Å². The Morgan fingerprint density at radius 2 is 2.00 bits per heavy atom. The highest BCUT2D eigenvalue weighted by Crippen LogP contribution is 2.26. The fourth-order valence-corrected chi connectivity index (χ4v) is 2.77. The average molecular weight is 296 g/mol. The molecular formula is C17H16N2OS. The zero-order valence-electron chi connectivity index (χ0n) is 12.0. The Hall–Kier alpha value is -2.33. The van der Waals surface area contributed by atoms with E-state index in [1.165, 1.54) is 5.56 Å². The number of methoxy groups -OCH3 is 1. The molecule has 3 rings (SSSR count). The van der Waals surface area contributed by atoms with Crippen LogP contribution in [0.3, 0.4) is 0 Å². The first-order chi connectivity index (χ1) is 10.3. The number of nitrogens with zero attached hydrogens (tertiary/aromatic N) is 1. The number of nitrogens with one attached hydrogen (secondary N) is 1. The smallest absolute Gasteiger partial charge is 0.130 e. The first-order valence-corrected chi connectivity index (χ1v) is 7.61. The normalized spacial score (nSPS) is 10.4. The van der Waals surface area contributed by atoms with Gasteiger partial charge in [0, 0.05) is 17.4 Å². The summed E-state index contributed by atoms with van der Waals surface area (Å²) in [5.74, 6) is 1.70. The zero-order chi connectivity index (χ0) is 14.7. The minimum atomic E-state index is 0.835. The van der Waals surface area contributed by atoms with Crippen LogP contribution in [0, 0.1) is 6.92 Å². The molecular weight excluding hydrogens is 280 g/mol. The van der Waals surface area contributed by atoms with E-state index >= 15 is 0 Å². The number of anilines is 2. The number of hydrogen-bond donors (Lipinski definition) is 1. The largest absolute Gasteiger partial charge is 0.497 e. The number of thiophene rings is 1. The number of aromatic nitrogens is 1. The summed E-state index contributed by atoms with van der Waals surface area (Å²) in [5, 5.41) is 7.53. The minimum Gasteiger partial charge on any atom is -0.497 e. The molecule has 0 atom stereocenters. The SMILES string of the molecule is COc1ccc(Nc2ccc(-c3ccsc3)cn2)c(C)c1. The summed E-state index contributed by atoms with van der Waals surface area (Å²) in [6.45, 7) is 2.05. The fraction of sp³-hybridized carbons (Fsp3) is 0.118. The predicted molar refractivity (Wildman–Crippen MR) is 88.6 cm³/mol. The van der Waals surface area contributed by atoms with Gasteiger partial charge in [0.05, 0.1) is 7.11 Å². The second-order valence-corrected chi connectivity index (χ2v) is 5.53. The third-order valence-corrected chi connectivity index (χ3v) is 4.00. The summed E-state index contributed by atoms with van der Waals surface area (Å²) in [6.07, 6.45) is 1.89. The molecule has 3 nitrogen and oxygen atoms in total. The van der Waals surface area contributed by atoms with E-state index in [1.54, 1.807) is 18.4 Å². The van der Waals surface area contributed by atoms with Gasteiger partial charge >= 0.3 is 0 Å². The number of hydrogen-bond acceptors (Lipinski definition) is 4. The third kappa shape index (κ3) is 3.06. The molecule has 1 N–H and O–H groups in total. The molecule has 0 saturated carbocycles. The van der Waals surface area contributed by atoms with Gasteiger partial charge < -0.3 is 10.1 Å². The van der Waals surface area contributed by atoms with Crippen LogP contribution in [0.5, 0.6) is 5.75 Å². The molecule has 0 fully saturated rings. The van der Waals surface area contributed by atoms with Gasteiger partial charge in [0.25, 0.3) is 0 Å². The summed E-state index contributed by atoms with van der Waals surface area (Å²) in [5.41, 5.74) is 4.50. The van der Waals surface area contributed by atoms with Crippen LogP contribution in [0.15, 0.2) is 53.4 Å². The van der Waals surface area contributed by atoms with Crippen LogP contribution in [0.2, 0.25) is 0 Å². The number of benzene rings is 1. The van der Waals surface area contributed by atoms with Crippen LogP contribution in [0.1, 0.15) is 5.56 Å². The predicted octanol–water partition coefficient (Wildman–Crippen LogP) is 4.87. The average Bonchev–Trinajstić information content (AvgIpc) is 3.04. The van der Waals surface area contributed by atoms with Crippen molar-refractivity contribution >= 4 is 22.8 Å². The zero-order valence-corrected chi connectivity index (χ0v) is 12.8. The molecule has 0 saturated heterocycles. The number of rotatable bonds is 4. The van der Waals surface area contributed by atoms with Gasteiger partial charge in [-0.05, 0) is 65.2 Å². The number of aryl methyl sites for hydroxylation is 1. The van der Waals surface area contributed by atoms with Crippen molar-refractivity contribution < 1.29 is 4.74 Å². The summed E-state index contributed by atoms with van der Waals surface area (Å²) in [4.78, 5) is 4.48. The van der Waals surface area contributed by atoms with E-state index in [9.17, 15) is 0 Å². The van der Waals surface area contributed by atoms with Gasteiger partial charge in [0.1, 0.15) is 11.6 Å². The highest BCUT2D eigenvalue weighted by Gasteiger charge is 2.03. The van der Waals surface area contributed by atoms with Crippen LogP contribution < -0.4 is 10.1 Å². The van der Waals surface area contributed by atoms with Crippen molar-refractivity contribution in [3.05, 3.63) is 58.9 Å². The van der Waals surface area contributed by atoms with Crippen molar-refractivity contribution in [2.24, 2.45) is 0 Å². The topological polar surface area (TPSA) is 34.1 Å². The van der Waals surface area contributed by atoms with Gasteiger partial charge in [-0.3, -0.25) is 0 Å². The lowest BCUT2D eigenvalue weighted by molar-refractivity contribution is 0.414. The summed E-state index contributed by atoms with van der Waals surface area (Å²) < 4.78 is 5.21. The fourth-order valence-electron chi connectivity index (χ4n) is 2.11. The number of ether oxygens (including phenoxy) is 1. The van der Waals surface area contributed by atoms with Gasteiger partial charge in [0.15, 0.2) is 0 Å². The molecule has 106 valence electrons. The van der Waals surface area contributed by atoms with Gasteiger partial charge in [0.2, 0.25) is 0 Å². The summed E-state index contributed by atoms with van der Waals surface area (Å²) >= 11 is 1.69. The molecule has 1 aromatic carbocycles. The van der Waals surface area contributed by atoms with Crippen molar-refractivity contribution in [3.63, 3.8) is 0 Å². The first kappa shape index (κ1) is 13.6. The lowest BCUT2D eigenvalue weighted by Crippen LogP contribution is -1.96. The monoisotopic (exact) mass is 296 g/mol. The molecule has 0 bridgehead atoms. The molecule has 0 aliphatic rings. The Labute approximate surface area is 128 Å². The van der Waals surface area contributed by atoms with Crippen LogP contribution in [-0.4, -0.2) is 12.1 Å². The quantitative estimate of drug-likeness (QED) is 0.745. The maximum absolute atomic E-state index is 5.21. The van der Waals surface area contributed by atoms with Crippen molar-refractivity contribution in [2.45, 2.75) is 6.92 Å². The van der Waals surface area contributed by atoms with Crippen molar-refractivity contribution in [1.82, 2.24) is 4.98 Å². The molecule has 0 unspecified atom stereocenters. The summed E-state index contributed by atoms with van der Waals surface area (Å²) in [6, 6.07) is 12.1. The lowest BCUT2D eigenvalue weighted by Gasteiger charge is -2.10. The maximum atomic E-state index is 5.21. The van der Waals surface area contributed by atoms with Crippen molar-refractivity contribution in [2.75, 3.05) is 12.4 Å². The second kappa shape index (κ2) is 5.97. The Morgan fingerprint density at radius 1 is 1.10 bits per heavy atom. The van der Waals surface area contributed by atoms with Crippen LogP contribution in [0.4, 0.5) is 11.5 Å². The van der Waals surface area contributed by atoms with E-state index in [0.29, 0.717) is 0 Å². The Kier molecular flexibility index (Phi) is 3.88. The Morgan fingerprint density at radius 3 is 2.62 bits per heavy atom. The number of pyridine rings is 1. The van der Waals surface area contributed by atoms with Gasteiger partial charge in [-0.25, -0.2) is 4.98 Å². The summed E-state index contributed by atoms with van der Waals surface area (Å²) in [7, 11) is 1.67. The van der Waals surface area contributed by atoms with E-state index < -0.39 is 0 Å². The molecule has 0 radical (unpaired) electrons. The molecule has 0 aliphatic carbocycles. The van der Waals surface area contributed by atoms with E-state index in [-0.39, 0.29) is 0 Å². The molecule has 4 heteroatoms. The molecule has 2 heterocycles. The van der Waals surface area contributed by atoms with Crippen LogP contribution in [-0.2, 0) is 0 Å². The molecule has 0 spiro atoms. The van der Waals surface area contributed by atoms with Crippen molar-refractivity contribution in [3.8, 4) is 16.9 Å². The first-order valence-electron chi connectivity index (χ1n) is 6.66. The van der Waals surface area contributed by atoms with E-state index in [0.717, 1.165) is 28.4 Å². The molecule has 21 heavy (non-hydrogen) atoms. The molecule has 3 aromatic rings. The van der Waals surface area contributed by atoms with E-state index in [2.05, 4.69) is 33.2 Å². The molecule has 0 aliphatic heterocycles. The Balaban J connectivity index is 1.79. The van der Waals surface area contributed by atoms with Crippen LogP contribution in [0.25, 0.3) is 11.1 Å². The third-order valence-electron chi connectivity index (χ3n) is 3.31. The van der Waals surface area contributed by atoms with Crippen LogP contribution >= 0.6 is 11.3 Å². The lowest BCUT2D eigenvalue weighted by atomic mass is 10.1. The van der Waals surface area contributed by atoms with Gasteiger partial charge in [-0.1, -0.05) is 0 Å².